The molecule has 8 nitrogen and oxygen atoms in total. The molecule has 1 aromatic rings. The summed E-state index contributed by atoms with van der Waals surface area (Å²) in [6.07, 6.45) is 1.00. The lowest BCUT2D eigenvalue weighted by Gasteiger charge is -2.18. The summed E-state index contributed by atoms with van der Waals surface area (Å²) in [5.74, 6) is -0.867. The molecule has 0 unspecified atom stereocenters. The summed E-state index contributed by atoms with van der Waals surface area (Å²) in [7, 11) is 0. The van der Waals surface area contributed by atoms with Crippen molar-refractivity contribution in [2.24, 2.45) is 10.2 Å². The van der Waals surface area contributed by atoms with Gasteiger partial charge in [-0.15, -0.1) is 0 Å². The first-order valence-electron chi connectivity index (χ1n) is 8.56. The van der Waals surface area contributed by atoms with Gasteiger partial charge in [0.05, 0.1) is 11.4 Å². The van der Waals surface area contributed by atoms with Crippen molar-refractivity contribution < 1.29 is 14.4 Å². The van der Waals surface area contributed by atoms with Crippen LogP contribution in [0.5, 0.6) is 0 Å². The second kappa shape index (κ2) is 8.89. The van der Waals surface area contributed by atoms with Crippen LogP contribution in [0.1, 0.15) is 39.2 Å². The maximum absolute atomic E-state index is 12.3. The van der Waals surface area contributed by atoms with Gasteiger partial charge in [0, 0.05) is 32.9 Å². The minimum atomic E-state index is -0.390. The number of amides is 2. The van der Waals surface area contributed by atoms with Gasteiger partial charge >= 0.3 is 0 Å². The predicted molar refractivity (Wildman–Crippen MR) is 100 cm³/mol. The van der Waals surface area contributed by atoms with E-state index < -0.39 is 5.78 Å². The van der Waals surface area contributed by atoms with Gasteiger partial charge in [0.15, 0.2) is 11.5 Å². The molecule has 0 aromatic heterocycles. The van der Waals surface area contributed by atoms with Gasteiger partial charge in [-0.1, -0.05) is 12.1 Å². The fraction of sp³-hybridized carbons (Fsp3) is 0.389. The topological polar surface area (TPSA) is 103 Å². The summed E-state index contributed by atoms with van der Waals surface area (Å²) in [6, 6.07) is 7.23. The van der Waals surface area contributed by atoms with E-state index in [-0.39, 0.29) is 17.5 Å². The third-order valence-corrected chi connectivity index (χ3v) is 4.01. The quantitative estimate of drug-likeness (QED) is 0.439. The maximum Gasteiger partial charge on any atom is 0.277 e. The molecule has 0 saturated carbocycles. The fourth-order valence-corrected chi connectivity index (χ4v) is 2.48. The average Bonchev–Trinajstić information content (AvgIpc) is 2.64. The number of rotatable bonds is 7. The Balaban J connectivity index is 2.11. The highest BCUT2D eigenvalue weighted by Gasteiger charge is 2.21. The Labute approximate surface area is 152 Å². The molecule has 8 heteroatoms. The van der Waals surface area contributed by atoms with Gasteiger partial charge in [-0.05, 0) is 31.5 Å². The lowest BCUT2D eigenvalue weighted by atomic mass is 10.0. The van der Waals surface area contributed by atoms with Crippen LogP contribution in [0.2, 0.25) is 0 Å². The van der Waals surface area contributed by atoms with Crippen LogP contribution in [0, 0.1) is 0 Å². The second-order valence-corrected chi connectivity index (χ2v) is 5.78. The Kier molecular flexibility index (Phi) is 6.60. The molecule has 1 heterocycles. The number of nitrogens with zero attached hydrogens (tertiary/aromatic N) is 3. The zero-order chi connectivity index (χ0) is 19.1. The molecule has 0 fully saturated rings. The average molecular weight is 357 g/mol. The number of hydrogen-bond acceptors (Lipinski definition) is 6. The molecule has 26 heavy (non-hydrogen) atoms. The van der Waals surface area contributed by atoms with Crippen molar-refractivity contribution in [3.63, 3.8) is 0 Å². The Hall–Kier alpha value is -3.03. The minimum Gasteiger partial charge on any atom is -0.338 e. The van der Waals surface area contributed by atoms with Crippen molar-refractivity contribution in [1.29, 1.82) is 0 Å². The monoisotopic (exact) mass is 357 g/mol. The van der Waals surface area contributed by atoms with Crippen molar-refractivity contribution in [2.75, 3.05) is 18.5 Å². The smallest absolute Gasteiger partial charge is 0.277 e. The minimum absolute atomic E-state index is 0.0870. The molecule has 1 aliphatic heterocycles. The zero-order valence-corrected chi connectivity index (χ0v) is 15.2. The lowest BCUT2D eigenvalue weighted by Crippen LogP contribution is -2.39. The molecule has 1 aliphatic rings. The standard InChI is InChI=1S/C18H23N5O3/c1-4-23(5-2)18(26)17(12(3)24)22-19-14-8-6-13(7-9-14)15-10-11-16(25)21-20-15/h6-9,19H,4-5,10-11H2,1-3H3,(H,21,25). The molecule has 138 valence electrons. The molecular formula is C18H23N5O3. The Morgan fingerprint density at radius 2 is 1.85 bits per heavy atom. The predicted octanol–water partition coefficient (Wildman–Crippen LogP) is 1.53. The first-order chi connectivity index (χ1) is 12.5. The number of hydrogen-bond donors (Lipinski definition) is 2. The van der Waals surface area contributed by atoms with Gasteiger partial charge in [0.2, 0.25) is 5.91 Å². The van der Waals surface area contributed by atoms with E-state index >= 15 is 0 Å². The summed E-state index contributed by atoms with van der Waals surface area (Å²) in [6.45, 7) is 6.04. The SMILES string of the molecule is CCN(CC)C(=O)C(=NNc1ccc(C2=NNC(=O)CC2)cc1)C(C)=O. The Morgan fingerprint density at radius 1 is 1.19 bits per heavy atom. The van der Waals surface area contributed by atoms with Crippen LogP contribution in [0.25, 0.3) is 0 Å². The molecule has 1 aromatic carbocycles. The highest BCUT2D eigenvalue weighted by Crippen LogP contribution is 2.14. The molecule has 0 aliphatic carbocycles. The summed E-state index contributed by atoms with van der Waals surface area (Å²) < 4.78 is 0. The normalized spacial score (nSPS) is 14.3. The molecule has 2 rings (SSSR count). The van der Waals surface area contributed by atoms with E-state index in [1.807, 2.05) is 26.0 Å². The molecule has 0 atom stereocenters. The summed E-state index contributed by atoms with van der Waals surface area (Å²) in [5, 5.41) is 8.04. The number of anilines is 1. The van der Waals surface area contributed by atoms with E-state index in [0.29, 0.717) is 31.6 Å². The van der Waals surface area contributed by atoms with E-state index in [4.69, 9.17) is 0 Å². The molecule has 0 bridgehead atoms. The lowest BCUT2D eigenvalue weighted by molar-refractivity contribution is -0.125. The van der Waals surface area contributed by atoms with Gasteiger partial charge in [0.25, 0.3) is 5.91 Å². The summed E-state index contributed by atoms with van der Waals surface area (Å²) in [4.78, 5) is 36.8. The molecule has 2 amide bonds. The van der Waals surface area contributed by atoms with Crippen molar-refractivity contribution in [3.05, 3.63) is 29.8 Å². The van der Waals surface area contributed by atoms with Gasteiger partial charge in [-0.25, -0.2) is 5.43 Å². The van der Waals surface area contributed by atoms with Crippen LogP contribution in [-0.2, 0) is 14.4 Å². The molecule has 2 N–H and O–H groups in total. The third-order valence-electron chi connectivity index (χ3n) is 4.01. The summed E-state index contributed by atoms with van der Waals surface area (Å²) >= 11 is 0. The molecule has 0 radical (unpaired) electrons. The van der Waals surface area contributed by atoms with Crippen LogP contribution < -0.4 is 10.9 Å². The second-order valence-electron chi connectivity index (χ2n) is 5.78. The van der Waals surface area contributed by atoms with Gasteiger partial charge in [-0.3, -0.25) is 19.8 Å². The third kappa shape index (κ3) is 4.75. The van der Waals surface area contributed by atoms with E-state index in [0.717, 1.165) is 11.3 Å². The zero-order valence-electron chi connectivity index (χ0n) is 15.2. The van der Waals surface area contributed by atoms with Gasteiger partial charge in [-0.2, -0.15) is 10.2 Å². The van der Waals surface area contributed by atoms with Crippen LogP contribution in [0.3, 0.4) is 0 Å². The molecule has 0 saturated heterocycles. The highest BCUT2D eigenvalue weighted by atomic mass is 16.2. The number of nitrogens with one attached hydrogen (secondary N) is 2. The van der Waals surface area contributed by atoms with E-state index in [9.17, 15) is 14.4 Å². The first kappa shape index (κ1) is 19.3. The first-order valence-corrected chi connectivity index (χ1v) is 8.56. The number of carbonyl (C=O) groups is 3. The molecule has 0 spiro atoms. The number of benzene rings is 1. The van der Waals surface area contributed by atoms with Crippen molar-refractivity contribution >= 4 is 34.7 Å². The van der Waals surface area contributed by atoms with Crippen molar-refractivity contribution in [2.45, 2.75) is 33.6 Å². The van der Waals surface area contributed by atoms with Crippen molar-refractivity contribution in [3.8, 4) is 0 Å². The number of ketones is 1. The van der Waals surface area contributed by atoms with Gasteiger partial charge in [0.1, 0.15) is 0 Å². The van der Waals surface area contributed by atoms with E-state index in [1.165, 1.54) is 6.92 Å². The van der Waals surface area contributed by atoms with Crippen LogP contribution in [-0.4, -0.2) is 47.0 Å². The number of Topliss-reactive ketones (excluding diaryl/α,β-unsaturated/α-hetero) is 1. The van der Waals surface area contributed by atoms with Crippen LogP contribution in [0.15, 0.2) is 34.5 Å². The largest absolute Gasteiger partial charge is 0.338 e. The van der Waals surface area contributed by atoms with Crippen molar-refractivity contribution in [1.82, 2.24) is 10.3 Å². The Morgan fingerprint density at radius 3 is 2.35 bits per heavy atom. The number of carbonyl (C=O) groups excluding carboxylic acids is 3. The Bertz CT molecular complexity index is 749. The number of hydrazone groups is 2. The summed E-state index contributed by atoms with van der Waals surface area (Å²) in [5.41, 5.74) is 7.43. The van der Waals surface area contributed by atoms with Crippen LogP contribution >= 0.6 is 0 Å². The van der Waals surface area contributed by atoms with Gasteiger partial charge < -0.3 is 4.90 Å². The van der Waals surface area contributed by atoms with Crippen LogP contribution in [0.4, 0.5) is 5.69 Å². The van der Waals surface area contributed by atoms with E-state index in [2.05, 4.69) is 21.1 Å². The van der Waals surface area contributed by atoms with E-state index in [1.54, 1.807) is 17.0 Å². The maximum atomic E-state index is 12.3. The highest BCUT2D eigenvalue weighted by molar-refractivity contribution is 6.65. The molecular weight excluding hydrogens is 334 g/mol. The fourth-order valence-electron chi connectivity index (χ4n) is 2.48.